The summed E-state index contributed by atoms with van der Waals surface area (Å²) in [6.45, 7) is 11.1. The summed E-state index contributed by atoms with van der Waals surface area (Å²) >= 11 is 0. The lowest BCUT2D eigenvalue weighted by Gasteiger charge is -2.44. The van der Waals surface area contributed by atoms with E-state index in [0.717, 1.165) is 4.90 Å². The number of amides is 1. The number of ether oxygens (including phenoxy) is 1. The zero-order valence-electron chi connectivity index (χ0n) is 17.4. The number of carbonyl (C=O) groups is 5. The number of piperidine rings is 1. The molecule has 1 aliphatic rings. The van der Waals surface area contributed by atoms with Crippen LogP contribution in [0.5, 0.6) is 0 Å². The molecule has 1 fully saturated rings. The van der Waals surface area contributed by atoms with E-state index in [9.17, 15) is 24.0 Å². The van der Waals surface area contributed by atoms with E-state index in [2.05, 4.69) is 0 Å². The topological polar surface area (TPSA) is 97.8 Å². The number of rotatable bonds is 5. The predicted molar refractivity (Wildman–Crippen MR) is 98.9 cm³/mol. The molecule has 1 rings (SSSR count). The zero-order chi connectivity index (χ0) is 21.2. The standard InChI is InChI=1S/C20H31NO6/c1-8-27-17(26)20(14(23)13(22)18(2,3)4)11-9-10-12-21(20)16(25)15(24)19(5,6)7/h8-12H2,1-7H3. The summed E-state index contributed by atoms with van der Waals surface area (Å²) < 4.78 is 5.10. The Bertz CT molecular complexity index is 652. The Morgan fingerprint density at radius 2 is 1.41 bits per heavy atom. The van der Waals surface area contributed by atoms with E-state index in [-0.39, 0.29) is 19.6 Å². The van der Waals surface area contributed by atoms with E-state index in [1.165, 1.54) is 0 Å². The van der Waals surface area contributed by atoms with E-state index >= 15 is 0 Å². The Kier molecular flexibility index (Phi) is 6.73. The van der Waals surface area contributed by atoms with Gasteiger partial charge in [-0.25, -0.2) is 4.79 Å². The second-order valence-electron chi connectivity index (χ2n) is 8.98. The van der Waals surface area contributed by atoms with Crippen molar-refractivity contribution < 1.29 is 28.7 Å². The molecule has 1 aliphatic heterocycles. The molecule has 0 aliphatic carbocycles. The number of hydrogen-bond donors (Lipinski definition) is 0. The first kappa shape index (κ1) is 23.0. The number of hydrogen-bond acceptors (Lipinski definition) is 6. The molecule has 0 aromatic heterocycles. The highest BCUT2D eigenvalue weighted by Crippen LogP contribution is 2.35. The molecule has 0 bridgehead atoms. The van der Waals surface area contributed by atoms with Crippen molar-refractivity contribution in [3.05, 3.63) is 0 Å². The van der Waals surface area contributed by atoms with E-state index in [1.807, 2.05) is 0 Å². The van der Waals surface area contributed by atoms with Gasteiger partial charge in [0.05, 0.1) is 6.61 Å². The van der Waals surface area contributed by atoms with Crippen LogP contribution < -0.4 is 0 Å². The molecule has 7 nitrogen and oxygen atoms in total. The summed E-state index contributed by atoms with van der Waals surface area (Å²) in [5.41, 5.74) is -4.08. The highest BCUT2D eigenvalue weighted by Gasteiger charge is 2.59. The third-order valence-corrected chi connectivity index (χ3v) is 4.63. The predicted octanol–water partition coefficient (Wildman–Crippen LogP) is 2.10. The zero-order valence-corrected chi connectivity index (χ0v) is 17.4. The van der Waals surface area contributed by atoms with Crippen LogP contribution >= 0.6 is 0 Å². The minimum absolute atomic E-state index is 0.00712. The van der Waals surface area contributed by atoms with Crippen molar-refractivity contribution in [1.29, 1.82) is 0 Å². The van der Waals surface area contributed by atoms with Gasteiger partial charge in [-0.3, -0.25) is 19.2 Å². The molecule has 0 spiro atoms. The molecule has 0 saturated carbocycles. The maximum atomic E-state index is 13.2. The van der Waals surface area contributed by atoms with Crippen LogP contribution in [-0.2, 0) is 28.7 Å². The molecule has 0 aromatic carbocycles. The molecule has 7 heteroatoms. The number of likely N-dealkylation sites (tertiary alicyclic amines) is 1. The Balaban J connectivity index is 3.55. The number of nitrogens with zero attached hydrogens (tertiary/aromatic N) is 1. The number of Topliss-reactive ketones (excluding diaryl/α,β-unsaturated/α-hetero) is 3. The van der Waals surface area contributed by atoms with Crippen LogP contribution in [0.3, 0.4) is 0 Å². The average molecular weight is 381 g/mol. The van der Waals surface area contributed by atoms with Crippen LogP contribution in [0.25, 0.3) is 0 Å². The normalized spacial score (nSPS) is 20.8. The van der Waals surface area contributed by atoms with Crippen molar-refractivity contribution in [3.63, 3.8) is 0 Å². The molecule has 27 heavy (non-hydrogen) atoms. The summed E-state index contributed by atoms with van der Waals surface area (Å²) in [5, 5.41) is 0. The second kappa shape index (κ2) is 7.90. The fourth-order valence-electron chi connectivity index (χ4n) is 3.01. The van der Waals surface area contributed by atoms with E-state index < -0.39 is 45.6 Å². The molecular formula is C20H31NO6. The van der Waals surface area contributed by atoms with Crippen LogP contribution in [0.4, 0.5) is 0 Å². The van der Waals surface area contributed by atoms with Crippen LogP contribution in [0.15, 0.2) is 0 Å². The van der Waals surface area contributed by atoms with Crippen LogP contribution in [-0.4, -0.2) is 52.8 Å². The molecular weight excluding hydrogens is 350 g/mol. The molecule has 1 heterocycles. The number of esters is 1. The molecule has 0 N–H and O–H groups in total. The summed E-state index contributed by atoms with van der Waals surface area (Å²) in [7, 11) is 0. The SMILES string of the molecule is CCOC(=O)C1(C(=O)C(=O)C(C)(C)C)CCCCN1C(=O)C(=O)C(C)(C)C. The van der Waals surface area contributed by atoms with Gasteiger partial charge in [-0.15, -0.1) is 0 Å². The lowest BCUT2D eigenvalue weighted by molar-refractivity contribution is -0.175. The van der Waals surface area contributed by atoms with Crippen LogP contribution in [0.2, 0.25) is 0 Å². The summed E-state index contributed by atoms with van der Waals surface area (Å²) in [6.07, 6.45) is 0.965. The monoisotopic (exact) mass is 381 g/mol. The lowest BCUT2D eigenvalue weighted by Crippen LogP contribution is -2.68. The third-order valence-electron chi connectivity index (χ3n) is 4.63. The van der Waals surface area contributed by atoms with Gasteiger partial charge in [-0.2, -0.15) is 0 Å². The van der Waals surface area contributed by atoms with Gasteiger partial charge in [0.1, 0.15) is 0 Å². The van der Waals surface area contributed by atoms with Gasteiger partial charge in [0.25, 0.3) is 5.91 Å². The van der Waals surface area contributed by atoms with Crippen molar-refractivity contribution in [2.75, 3.05) is 13.2 Å². The highest BCUT2D eigenvalue weighted by atomic mass is 16.5. The molecule has 0 radical (unpaired) electrons. The molecule has 0 aromatic rings. The maximum absolute atomic E-state index is 13.2. The first-order valence-corrected chi connectivity index (χ1v) is 9.34. The summed E-state index contributed by atoms with van der Waals surface area (Å²) in [6, 6.07) is 0. The third kappa shape index (κ3) is 4.45. The highest BCUT2D eigenvalue weighted by molar-refractivity contribution is 6.48. The van der Waals surface area contributed by atoms with Gasteiger partial charge < -0.3 is 9.64 Å². The van der Waals surface area contributed by atoms with E-state index in [1.54, 1.807) is 48.5 Å². The quantitative estimate of drug-likeness (QED) is 0.411. The van der Waals surface area contributed by atoms with Gasteiger partial charge in [0, 0.05) is 17.4 Å². The van der Waals surface area contributed by atoms with Crippen molar-refractivity contribution >= 4 is 29.2 Å². The average Bonchev–Trinajstić information content (AvgIpc) is 2.57. The molecule has 1 atom stereocenters. The summed E-state index contributed by atoms with van der Waals surface area (Å²) in [4.78, 5) is 65.3. The fourth-order valence-corrected chi connectivity index (χ4v) is 3.01. The van der Waals surface area contributed by atoms with Crippen molar-refractivity contribution in [2.45, 2.75) is 73.3 Å². The minimum atomic E-state index is -2.07. The van der Waals surface area contributed by atoms with E-state index in [4.69, 9.17) is 4.74 Å². The molecule has 1 saturated heterocycles. The van der Waals surface area contributed by atoms with Gasteiger partial charge in [0.15, 0.2) is 0 Å². The first-order valence-electron chi connectivity index (χ1n) is 9.34. The van der Waals surface area contributed by atoms with Crippen molar-refractivity contribution in [2.24, 2.45) is 10.8 Å². The Morgan fingerprint density at radius 1 is 0.889 bits per heavy atom. The summed E-state index contributed by atoms with van der Waals surface area (Å²) in [5.74, 6) is -4.33. The Labute approximate surface area is 160 Å². The number of ketones is 3. The molecule has 1 unspecified atom stereocenters. The van der Waals surface area contributed by atoms with Crippen LogP contribution in [0.1, 0.15) is 67.7 Å². The van der Waals surface area contributed by atoms with Gasteiger partial charge >= 0.3 is 5.97 Å². The van der Waals surface area contributed by atoms with Crippen molar-refractivity contribution in [1.82, 2.24) is 4.90 Å². The van der Waals surface area contributed by atoms with Gasteiger partial charge in [-0.1, -0.05) is 41.5 Å². The Hall–Kier alpha value is -2.05. The smallest absolute Gasteiger partial charge is 0.340 e. The minimum Gasteiger partial charge on any atom is -0.464 e. The molecule has 152 valence electrons. The maximum Gasteiger partial charge on any atom is 0.340 e. The van der Waals surface area contributed by atoms with E-state index in [0.29, 0.717) is 12.8 Å². The molecule has 1 amide bonds. The van der Waals surface area contributed by atoms with Gasteiger partial charge in [-0.05, 0) is 26.2 Å². The van der Waals surface area contributed by atoms with Crippen molar-refractivity contribution in [3.8, 4) is 0 Å². The lowest BCUT2D eigenvalue weighted by atomic mass is 9.75. The number of carbonyl (C=O) groups excluding carboxylic acids is 5. The first-order chi connectivity index (χ1) is 12.2. The fraction of sp³-hybridized carbons (Fsp3) is 0.750. The Morgan fingerprint density at radius 3 is 1.85 bits per heavy atom. The van der Waals surface area contributed by atoms with Gasteiger partial charge in [0.2, 0.25) is 22.9 Å². The largest absolute Gasteiger partial charge is 0.464 e. The van der Waals surface area contributed by atoms with Crippen LogP contribution in [0, 0.1) is 10.8 Å². The second-order valence-corrected chi connectivity index (χ2v) is 8.98.